The number of nitrogens with zero attached hydrogens (tertiary/aromatic N) is 3. The van der Waals surface area contributed by atoms with E-state index in [2.05, 4.69) is 20.6 Å². The van der Waals surface area contributed by atoms with Crippen molar-refractivity contribution in [3.05, 3.63) is 57.5 Å². The summed E-state index contributed by atoms with van der Waals surface area (Å²) < 4.78 is 12.4. The highest BCUT2D eigenvalue weighted by Crippen LogP contribution is 2.43. The van der Waals surface area contributed by atoms with Crippen molar-refractivity contribution in [3.8, 4) is 17.3 Å². The summed E-state index contributed by atoms with van der Waals surface area (Å²) in [6, 6.07) is 8.42. The quantitative estimate of drug-likeness (QED) is 0.712. The Hall–Kier alpha value is -3.62. The third kappa shape index (κ3) is 2.90. The number of carbonyl (C=O) groups is 1. The van der Waals surface area contributed by atoms with Crippen molar-refractivity contribution in [2.45, 2.75) is 19.3 Å². The molecule has 2 N–H and O–H groups in total. The second kappa shape index (κ2) is 6.84. The minimum absolute atomic E-state index is 0.145. The van der Waals surface area contributed by atoms with Gasteiger partial charge < -0.3 is 14.8 Å². The van der Waals surface area contributed by atoms with Gasteiger partial charge in [0, 0.05) is 29.5 Å². The number of methoxy groups -OCH3 is 2. The van der Waals surface area contributed by atoms with E-state index >= 15 is 0 Å². The third-order valence-corrected chi connectivity index (χ3v) is 4.80. The molecule has 0 aliphatic carbocycles. The highest BCUT2D eigenvalue weighted by molar-refractivity contribution is 5.95. The second-order valence-electron chi connectivity index (χ2n) is 6.45. The summed E-state index contributed by atoms with van der Waals surface area (Å²) >= 11 is 0. The highest BCUT2D eigenvalue weighted by atomic mass is 16.5. The van der Waals surface area contributed by atoms with Crippen LogP contribution in [-0.4, -0.2) is 40.1 Å². The van der Waals surface area contributed by atoms with E-state index in [0.717, 1.165) is 16.8 Å². The van der Waals surface area contributed by atoms with Gasteiger partial charge in [0.25, 0.3) is 5.56 Å². The summed E-state index contributed by atoms with van der Waals surface area (Å²) in [5.41, 5.74) is 2.15. The number of carbonyl (C=O) groups excluding carboxylic acids is 1. The molecule has 28 heavy (non-hydrogen) atoms. The topological polar surface area (TPSA) is 111 Å². The van der Waals surface area contributed by atoms with Crippen LogP contribution in [0.4, 0.5) is 5.82 Å². The van der Waals surface area contributed by atoms with Crippen LogP contribution in [0.15, 0.2) is 35.1 Å². The first-order chi connectivity index (χ1) is 13.5. The lowest BCUT2D eigenvalue weighted by molar-refractivity contribution is -0.116. The molecule has 0 saturated heterocycles. The number of hydrogen-bond acceptors (Lipinski definition) is 6. The molecule has 9 heteroatoms. The summed E-state index contributed by atoms with van der Waals surface area (Å²) in [5, 5.41) is 13.8. The number of aromatic amines is 1. The van der Waals surface area contributed by atoms with Gasteiger partial charge in [-0.25, -0.2) is 5.10 Å². The standard InChI is InChI=1S/C19H19N5O4/c1-10-18-13(12-8-11(27-2)4-5-14(12)28-3)9-17(26)20-19(18)24(23-10)15-6-7-16(25)22-21-15/h4-8,13H,9H2,1-3H3,(H,20,26)(H,22,25). The molecule has 4 rings (SSSR count). The number of benzene rings is 1. The zero-order valence-electron chi connectivity index (χ0n) is 15.6. The number of rotatable bonds is 4. The Morgan fingerprint density at radius 3 is 2.64 bits per heavy atom. The Morgan fingerprint density at radius 2 is 1.96 bits per heavy atom. The van der Waals surface area contributed by atoms with Gasteiger partial charge in [0.2, 0.25) is 5.91 Å². The molecular formula is C19H19N5O4. The largest absolute Gasteiger partial charge is 0.497 e. The molecule has 0 saturated carbocycles. The Labute approximate surface area is 160 Å². The van der Waals surface area contributed by atoms with E-state index in [9.17, 15) is 9.59 Å². The van der Waals surface area contributed by atoms with Crippen molar-refractivity contribution in [3.63, 3.8) is 0 Å². The van der Waals surface area contributed by atoms with E-state index in [0.29, 0.717) is 23.1 Å². The van der Waals surface area contributed by atoms with Crippen LogP contribution in [0.3, 0.4) is 0 Å². The van der Waals surface area contributed by atoms with Gasteiger partial charge in [-0.3, -0.25) is 9.59 Å². The third-order valence-electron chi connectivity index (χ3n) is 4.80. The van der Waals surface area contributed by atoms with E-state index in [-0.39, 0.29) is 23.8 Å². The van der Waals surface area contributed by atoms with Gasteiger partial charge in [-0.15, -0.1) is 0 Å². The fourth-order valence-corrected chi connectivity index (χ4v) is 3.55. The molecule has 2 aromatic heterocycles. The van der Waals surface area contributed by atoms with E-state index in [4.69, 9.17) is 9.47 Å². The van der Waals surface area contributed by atoms with Gasteiger partial charge >= 0.3 is 0 Å². The number of aryl methyl sites for hydroxylation is 1. The lowest BCUT2D eigenvalue weighted by Crippen LogP contribution is -2.25. The first kappa shape index (κ1) is 17.8. The van der Waals surface area contributed by atoms with Crippen molar-refractivity contribution in [2.75, 3.05) is 19.5 Å². The first-order valence-electron chi connectivity index (χ1n) is 8.69. The fourth-order valence-electron chi connectivity index (χ4n) is 3.55. The normalized spacial score (nSPS) is 15.7. The Balaban J connectivity index is 1.90. The number of H-pyrrole nitrogens is 1. The zero-order valence-corrected chi connectivity index (χ0v) is 15.6. The number of anilines is 1. The van der Waals surface area contributed by atoms with E-state index in [1.165, 1.54) is 10.7 Å². The monoisotopic (exact) mass is 381 g/mol. The van der Waals surface area contributed by atoms with Crippen LogP contribution in [0, 0.1) is 6.92 Å². The molecule has 1 aromatic carbocycles. The minimum Gasteiger partial charge on any atom is -0.497 e. The summed E-state index contributed by atoms with van der Waals surface area (Å²) in [6.07, 6.45) is 0.252. The van der Waals surface area contributed by atoms with Crippen LogP contribution in [0.25, 0.3) is 5.82 Å². The Morgan fingerprint density at radius 1 is 1.14 bits per heavy atom. The van der Waals surface area contributed by atoms with E-state index in [1.54, 1.807) is 20.3 Å². The lowest BCUT2D eigenvalue weighted by atomic mass is 9.85. The molecule has 1 aliphatic rings. The van der Waals surface area contributed by atoms with Gasteiger partial charge in [-0.05, 0) is 31.2 Å². The number of fused-ring (bicyclic) bond motifs is 1. The SMILES string of the molecule is COc1ccc(OC)c(C2CC(=O)Nc3c2c(C)nn3-c2ccc(=O)[nH]n2)c1. The Bertz CT molecular complexity index is 1100. The lowest BCUT2D eigenvalue weighted by Gasteiger charge is -2.25. The summed E-state index contributed by atoms with van der Waals surface area (Å²) in [5.74, 6) is 1.88. The van der Waals surface area contributed by atoms with E-state index in [1.807, 2.05) is 25.1 Å². The number of nitrogens with one attached hydrogen (secondary N) is 2. The van der Waals surface area contributed by atoms with Crippen molar-refractivity contribution >= 4 is 11.7 Å². The minimum atomic E-state index is -0.315. The maximum atomic E-state index is 12.5. The van der Waals surface area contributed by atoms with Crippen LogP contribution in [0.5, 0.6) is 11.5 Å². The first-order valence-corrected chi connectivity index (χ1v) is 8.69. The number of hydrogen-bond donors (Lipinski definition) is 2. The molecule has 1 atom stereocenters. The van der Waals surface area contributed by atoms with Crippen LogP contribution < -0.4 is 20.3 Å². The molecule has 3 aromatic rings. The summed E-state index contributed by atoms with van der Waals surface area (Å²) in [7, 11) is 3.19. The molecule has 1 aliphatic heterocycles. The molecule has 144 valence electrons. The molecule has 1 unspecified atom stereocenters. The average molecular weight is 381 g/mol. The number of amides is 1. The van der Waals surface area contributed by atoms with Gasteiger partial charge in [0.1, 0.15) is 17.3 Å². The molecule has 0 radical (unpaired) electrons. The molecule has 0 fully saturated rings. The van der Waals surface area contributed by atoms with Crippen molar-refractivity contribution in [2.24, 2.45) is 0 Å². The molecule has 0 spiro atoms. The maximum absolute atomic E-state index is 12.5. The summed E-state index contributed by atoms with van der Waals surface area (Å²) in [4.78, 5) is 23.8. The van der Waals surface area contributed by atoms with Gasteiger partial charge in [-0.2, -0.15) is 14.9 Å². The molecule has 0 bridgehead atoms. The predicted molar refractivity (Wildman–Crippen MR) is 101 cm³/mol. The van der Waals surface area contributed by atoms with Crippen LogP contribution >= 0.6 is 0 Å². The zero-order chi connectivity index (χ0) is 19.8. The van der Waals surface area contributed by atoms with Gasteiger partial charge in [-0.1, -0.05) is 0 Å². The van der Waals surface area contributed by atoms with Gasteiger partial charge in [0.15, 0.2) is 5.82 Å². The van der Waals surface area contributed by atoms with E-state index < -0.39 is 0 Å². The molecule has 1 amide bonds. The van der Waals surface area contributed by atoms with Crippen molar-refractivity contribution in [1.82, 2.24) is 20.0 Å². The van der Waals surface area contributed by atoms with Crippen molar-refractivity contribution in [1.29, 1.82) is 0 Å². The predicted octanol–water partition coefficient (Wildman–Crippen LogP) is 1.76. The molecule has 9 nitrogen and oxygen atoms in total. The fraction of sp³-hybridized carbons (Fsp3) is 0.263. The smallest absolute Gasteiger partial charge is 0.264 e. The van der Waals surface area contributed by atoms with Crippen LogP contribution in [-0.2, 0) is 4.79 Å². The molecular weight excluding hydrogens is 362 g/mol. The number of ether oxygens (including phenoxy) is 2. The number of aromatic nitrogens is 4. The van der Waals surface area contributed by atoms with Crippen LogP contribution in [0.1, 0.15) is 29.2 Å². The Kier molecular flexibility index (Phi) is 4.34. The van der Waals surface area contributed by atoms with Gasteiger partial charge in [0.05, 0.1) is 19.9 Å². The van der Waals surface area contributed by atoms with Crippen LogP contribution in [0.2, 0.25) is 0 Å². The highest BCUT2D eigenvalue weighted by Gasteiger charge is 2.34. The average Bonchev–Trinajstić information content (AvgIpc) is 3.03. The molecule has 3 heterocycles. The summed E-state index contributed by atoms with van der Waals surface area (Å²) in [6.45, 7) is 1.87. The second-order valence-corrected chi connectivity index (χ2v) is 6.45. The maximum Gasteiger partial charge on any atom is 0.264 e. The van der Waals surface area contributed by atoms with Crippen molar-refractivity contribution < 1.29 is 14.3 Å².